The molecule has 1 unspecified atom stereocenters. The third kappa shape index (κ3) is 3.75. The van der Waals surface area contributed by atoms with Gasteiger partial charge in [-0.2, -0.15) is 28.7 Å². The van der Waals surface area contributed by atoms with Gasteiger partial charge in [0.05, 0.1) is 12.6 Å². The van der Waals surface area contributed by atoms with E-state index in [0.29, 0.717) is 5.56 Å². The Hall–Kier alpha value is -3.01. The second-order valence-corrected chi connectivity index (χ2v) is 6.10. The lowest BCUT2D eigenvalue weighted by Crippen LogP contribution is -2.70. The summed E-state index contributed by atoms with van der Waals surface area (Å²) in [5.41, 5.74) is 2.79. The molecule has 2 heterocycles. The molecule has 2 amide bonds. The van der Waals surface area contributed by atoms with Crippen LogP contribution in [-0.2, 0) is 11.2 Å². The van der Waals surface area contributed by atoms with Crippen LogP contribution in [0.2, 0.25) is 0 Å². The van der Waals surface area contributed by atoms with Crippen molar-refractivity contribution in [2.24, 2.45) is 4.99 Å². The monoisotopic (exact) mass is 380 g/mol. The number of nitrogens with zero attached hydrogens (tertiary/aromatic N) is 3. The van der Waals surface area contributed by atoms with E-state index >= 15 is 0 Å². The number of quaternary nitrogens is 1. The molecule has 0 radical (unpaired) electrons. The zero-order valence-corrected chi connectivity index (χ0v) is 14.4. The molecule has 27 heavy (non-hydrogen) atoms. The van der Waals surface area contributed by atoms with Gasteiger partial charge < -0.3 is 0 Å². The maximum Gasteiger partial charge on any atom is 0.441 e. The van der Waals surface area contributed by atoms with Crippen molar-refractivity contribution in [2.75, 3.05) is 6.54 Å². The van der Waals surface area contributed by atoms with Crippen molar-refractivity contribution >= 4 is 23.5 Å². The fourth-order valence-electron chi connectivity index (χ4n) is 3.03. The average molecular weight is 380 g/mol. The molecule has 0 saturated heterocycles. The van der Waals surface area contributed by atoms with Crippen molar-refractivity contribution in [1.29, 1.82) is 0 Å². The Morgan fingerprint density at radius 3 is 2.59 bits per heavy atom. The van der Waals surface area contributed by atoms with Crippen LogP contribution < -0.4 is 5.43 Å². The van der Waals surface area contributed by atoms with Gasteiger partial charge in [-0.1, -0.05) is 37.3 Å². The minimum Gasteiger partial charge on any atom is -0.270 e. The minimum absolute atomic E-state index is 0.0336. The Morgan fingerprint density at radius 2 is 1.96 bits per heavy atom. The second-order valence-electron chi connectivity index (χ2n) is 6.10. The van der Waals surface area contributed by atoms with Crippen molar-refractivity contribution in [1.82, 2.24) is 15.6 Å². The molecule has 7 nitrogen and oxygen atoms in total. The number of hydrogen-bond acceptors (Lipinski definition) is 4. The molecule has 2 N–H and O–H groups in total. The van der Waals surface area contributed by atoms with Crippen molar-refractivity contribution in [2.45, 2.75) is 25.9 Å². The lowest BCUT2D eigenvalue weighted by Gasteiger charge is -2.36. The predicted molar refractivity (Wildman–Crippen MR) is 89.8 cm³/mol. The standard InChI is InChI=1S/C17H16F3N5O2/c1-2-13-22-15-12(9-21-23-15)16(27)25(13,10-17(18,19)20)24-14(26)8-11-6-4-3-5-7-11/h3-7,9H,2,8,10H2,1H3,(H-,21,23,24,26,27)/p+1. The van der Waals surface area contributed by atoms with Gasteiger partial charge in [0, 0.05) is 6.42 Å². The van der Waals surface area contributed by atoms with Gasteiger partial charge in [-0.3, -0.25) is 9.89 Å². The van der Waals surface area contributed by atoms with Crippen LogP contribution in [0, 0.1) is 0 Å². The predicted octanol–water partition coefficient (Wildman–Crippen LogP) is 2.66. The molecule has 0 saturated carbocycles. The summed E-state index contributed by atoms with van der Waals surface area (Å²) in [4.78, 5) is 29.6. The molecule has 1 aromatic heterocycles. The number of fused-ring (bicyclic) bond motifs is 1. The zero-order valence-electron chi connectivity index (χ0n) is 14.4. The molecule has 1 aliphatic rings. The normalized spacial score (nSPS) is 19.4. The fraction of sp³-hybridized carbons (Fsp3) is 0.294. The first kappa shape index (κ1) is 18.8. The maximum absolute atomic E-state index is 13.3. The Morgan fingerprint density at radius 1 is 1.26 bits per heavy atom. The van der Waals surface area contributed by atoms with Crippen molar-refractivity contribution in [3.63, 3.8) is 0 Å². The van der Waals surface area contributed by atoms with Gasteiger partial charge in [-0.05, 0) is 5.56 Å². The number of amides is 2. The highest BCUT2D eigenvalue weighted by molar-refractivity contribution is 6.04. The van der Waals surface area contributed by atoms with E-state index in [4.69, 9.17) is 0 Å². The van der Waals surface area contributed by atoms with Gasteiger partial charge in [0.1, 0.15) is 5.56 Å². The molecular weight excluding hydrogens is 363 g/mol. The lowest BCUT2D eigenvalue weighted by molar-refractivity contribution is -0.811. The van der Waals surface area contributed by atoms with Gasteiger partial charge >= 0.3 is 12.1 Å². The number of carbonyl (C=O) groups excluding carboxylic acids is 2. The van der Waals surface area contributed by atoms with E-state index in [1.54, 1.807) is 37.3 Å². The summed E-state index contributed by atoms with van der Waals surface area (Å²) in [5.74, 6) is -1.67. The number of nitrogens with one attached hydrogen (secondary N) is 2. The average Bonchev–Trinajstić information content (AvgIpc) is 3.06. The Labute approximate surface area is 152 Å². The van der Waals surface area contributed by atoms with Crippen molar-refractivity contribution in [3.8, 4) is 0 Å². The van der Waals surface area contributed by atoms with Gasteiger partial charge in [-0.15, -0.1) is 4.59 Å². The highest BCUT2D eigenvalue weighted by Gasteiger charge is 2.56. The molecule has 142 valence electrons. The second kappa shape index (κ2) is 6.95. The van der Waals surface area contributed by atoms with Crippen molar-refractivity contribution in [3.05, 3.63) is 47.7 Å². The molecule has 1 aromatic carbocycles. The zero-order chi connectivity index (χ0) is 19.7. The van der Waals surface area contributed by atoms with E-state index in [0.717, 1.165) is 6.20 Å². The molecule has 0 spiro atoms. The van der Waals surface area contributed by atoms with Crippen LogP contribution in [0.25, 0.3) is 0 Å². The Bertz CT molecular complexity index is 891. The molecule has 0 fully saturated rings. The number of carbonyl (C=O) groups is 2. The van der Waals surface area contributed by atoms with E-state index in [-0.39, 0.29) is 30.1 Å². The number of aromatic amines is 1. The van der Waals surface area contributed by atoms with Gasteiger partial charge in [0.15, 0.2) is 5.82 Å². The van der Waals surface area contributed by atoms with E-state index in [9.17, 15) is 22.8 Å². The lowest BCUT2D eigenvalue weighted by atomic mass is 10.1. The summed E-state index contributed by atoms with van der Waals surface area (Å²) in [5, 5.41) is 6.16. The molecule has 1 atom stereocenters. The summed E-state index contributed by atoms with van der Waals surface area (Å²) in [7, 11) is 0. The number of benzene rings is 1. The number of H-pyrrole nitrogens is 1. The molecule has 1 aliphatic heterocycles. The minimum atomic E-state index is -4.72. The summed E-state index contributed by atoms with van der Waals surface area (Å²) in [6.45, 7) is -0.0240. The summed E-state index contributed by atoms with van der Waals surface area (Å²) >= 11 is 0. The molecular formula is C17H17F3N5O2+. The maximum atomic E-state index is 13.3. The number of hydrogen-bond donors (Lipinski definition) is 2. The number of alkyl halides is 3. The van der Waals surface area contributed by atoms with E-state index in [1.165, 1.54) is 0 Å². The summed E-state index contributed by atoms with van der Waals surface area (Å²) in [6, 6.07) is 8.54. The summed E-state index contributed by atoms with van der Waals surface area (Å²) < 4.78 is 38.6. The fourth-order valence-corrected chi connectivity index (χ4v) is 3.03. The largest absolute Gasteiger partial charge is 0.441 e. The van der Waals surface area contributed by atoms with Gasteiger partial charge in [0.2, 0.25) is 12.4 Å². The number of amidine groups is 1. The first-order valence-electron chi connectivity index (χ1n) is 8.21. The van der Waals surface area contributed by atoms with Crippen LogP contribution in [0.5, 0.6) is 0 Å². The third-order valence-electron chi connectivity index (χ3n) is 4.13. The van der Waals surface area contributed by atoms with E-state index < -0.39 is 29.1 Å². The SMILES string of the molecule is CCC1=Nc2[nH]ncc2C(=O)[N+]1(CC(F)(F)F)NC(=O)Cc1ccccc1. The highest BCUT2D eigenvalue weighted by atomic mass is 19.4. The van der Waals surface area contributed by atoms with E-state index in [1.807, 2.05) is 0 Å². The molecule has 3 rings (SSSR count). The smallest absolute Gasteiger partial charge is 0.270 e. The highest BCUT2D eigenvalue weighted by Crippen LogP contribution is 2.32. The summed E-state index contributed by atoms with van der Waals surface area (Å²) in [6.07, 6.45) is -3.74. The van der Waals surface area contributed by atoms with Crippen LogP contribution in [0.4, 0.5) is 19.0 Å². The van der Waals surface area contributed by atoms with Crippen molar-refractivity contribution < 1.29 is 27.4 Å². The quantitative estimate of drug-likeness (QED) is 0.782. The third-order valence-corrected chi connectivity index (χ3v) is 4.13. The number of halogens is 3. The van der Waals surface area contributed by atoms with Crippen LogP contribution >= 0.6 is 0 Å². The molecule has 2 aromatic rings. The number of aromatic nitrogens is 2. The first-order valence-corrected chi connectivity index (χ1v) is 8.21. The van der Waals surface area contributed by atoms with Crippen LogP contribution in [0.3, 0.4) is 0 Å². The van der Waals surface area contributed by atoms with Crippen LogP contribution in [0.15, 0.2) is 41.5 Å². The number of rotatable bonds is 5. The van der Waals surface area contributed by atoms with Gasteiger partial charge in [-0.25, -0.2) is 4.79 Å². The molecule has 0 bridgehead atoms. The first-order chi connectivity index (χ1) is 12.7. The topological polar surface area (TPSA) is 87.2 Å². The Balaban J connectivity index is 1.99. The molecule has 10 heteroatoms. The number of aliphatic imine (C=N–C) groups is 1. The van der Waals surface area contributed by atoms with Crippen LogP contribution in [0.1, 0.15) is 29.3 Å². The molecule has 0 aliphatic carbocycles. The van der Waals surface area contributed by atoms with Crippen LogP contribution in [-0.4, -0.2) is 45.2 Å². The van der Waals surface area contributed by atoms with Gasteiger partial charge in [0.25, 0.3) is 5.91 Å². The van der Waals surface area contributed by atoms with E-state index in [2.05, 4.69) is 20.6 Å². The Kier molecular flexibility index (Phi) is 4.83.